The highest BCUT2D eigenvalue weighted by atomic mass is 19.4. The molecule has 1 N–H and O–H groups in total. The van der Waals surface area contributed by atoms with Gasteiger partial charge in [-0.05, 0) is 41.4 Å². The average Bonchev–Trinajstić information content (AvgIpc) is 2.94. The topological polar surface area (TPSA) is 51.6 Å². The monoisotopic (exact) mass is 363 g/mol. The van der Waals surface area contributed by atoms with E-state index in [0.29, 0.717) is 11.2 Å². The predicted molar refractivity (Wildman–Crippen MR) is 85.6 cm³/mol. The first-order chi connectivity index (χ1) is 12.3. The second-order valence-corrected chi connectivity index (χ2v) is 5.80. The van der Waals surface area contributed by atoms with E-state index in [1.165, 1.54) is 0 Å². The Morgan fingerprint density at radius 3 is 2.69 bits per heavy atom. The zero-order valence-electron chi connectivity index (χ0n) is 13.0. The van der Waals surface area contributed by atoms with Gasteiger partial charge in [0, 0.05) is 11.5 Å². The first kappa shape index (κ1) is 16.8. The van der Waals surface area contributed by atoms with Gasteiger partial charge in [0.25, 0.3) is 0 Å². The van der Waals surface area contributed by atoms with Crippen molar-refractivity contribution in [3.63, 3.8) is 0 Å². The number of aromatic nitrogens is 1. The Morgan fingerprint density at radius 1 is 1.12 bits per heavy atom. The van der Waals surface area contributed by atoms with Crippen molar-refractivity contribution >= 4 is 23.5 Å². The van der Waals surface area contributed by atoms with Gasteiger partial charge in [0.1, 0.15) is 11.6 Å². The Morgan fingerprint density at radius 2 is 1.92 bits per heavy atom. The highest BCUT2D eigenvalue weighted by Gasteiger charge is 2.31. The molecule has 9 heteroatoms. The number of fused-ring (bicyclic) bond motifs is 2. The van der Waals surface area contributed by atoms with Crippen LogP contribution in [0.5, 0.6) is 11.6 Å². The van der Waals surface area contributed by atoms with Gasteiger partial charge in [-0.25, -0.2) is 9.37 Å². The molecule has 0 saturated carbocycles. The van der Waals surface area contributed by atoms with Gasteiger partial charge < -0.3 is 14.4 Å². The number of nitrogens with zero attached hydrogens (tertiary/aromatic N) is 1. The standard InChI is InChI=1S/C17H10BF4NO3/c19-14-7-16(23-15-4-1-10(6-12(14)15)17(20,21)22)26-11-2-3-13-9(5-11)8-25-18(13)24/h1-7,24H,8H2. The van der Waals surface area contributed by atoms with Gasteiger partial charge in [-0.2, -0.15) is 13.2 Å². The molecule has 2 heterocycles. The molecule has 1 aliphatic rings. The summed E-state index contributed by atoms with van der Waals surface area (Å²) in [6, 6.07) is 8.40. The minimum absolute atomic E-state index is 0.0490. The minimum atomic E-state index is -4.56. The zero-order chi connectivity index (χ0) is 18.5. The lowest BCUT2D eigenvalue weighted by atomic mass is 9.80. The molecule has 0 aliphatic carbocycles. The van der Waals surface area contributed by atoms with Crippen molar-refractivity contribution in [3.05, 3.63) is 59.4 Å². The molecule has 132 valence electrons. The highest BCUT2D eigenvalue weighted by Crippen LogP contribution is 2.33. The number of benzene rings is 2. The number of rotatable bonds is 2. The van der Waals surface area contributed by atoms with Crippen LogP contribution < -0.4 is 10.2 Å². The van der Waals surface area contributed by atoms with Crippen LogP contribution >= 0.6 is 0 Å². The van der Waals surface area contributed by atoms with Crippen LogP contribution in [0.1, 0.15) is 11.1 Å². The fourth-order valence-corrected chi connectivity index (χ4v) is 2.78. The van der Waals surface area contributed by atoms with Gasteiger partial charge >= 0.3 is 13.3 Å². The number of ether oxygens (including phenoxy) is 1. The minimum Gasteiger partial charge on any atom is -0.439 e. The lowest BCUT2D eigenvalue weighted by Crippen LogP contribution is -2.27. The van der Waals surface area contributed by atoms with Gasteiger partial charge in [-0.3, -0.25) is 0 Å². The summed E-state index contributed by atoms with van der Waals surface area (Å²) < 4.78 is 63.1. The van der Waals surface area contributed by atoms with E-state index in [4.69, 9.17) is 9.39 Å². The number of halogens is 4. The fraction of sp³-hybridized carbons (Fsp3) is 0.118. The number of pyridine rings is 1. The molecule has 1 aromatic heterocycles. The van der Waals surface area contributed by atoms with Gasteiger partial charge in [0.15, 0.2) is 0 Å². The maximum absolute atomic E-state index is 14.2. The lowest BCUT2D eigenvalue weighted by Gasteiger charge is -2.10. The fourth-order valence-electron chi connectivity index (χ4n) is 2.78. The molecule has 0 radical (unpaired) electrons. The van der Waals surface area contributed by atoms with E-state index in [0.717, 1.165) is 29.8 Å². The smallest absolute Gasteiger partial charge is 0.439 e. The first-order valence-corrected chi connectivity index (χ1v) is 7.59. The normalized spacial score (nSPS) is 14.0. The van der Waals surface area contributed by atoms with Crippen LogP contribution in [0.3, 0.4) is 0 Å². The summed E-state index contributed by atoms with van der Waals surface area (Å²) in [6.07, 6.45) is -4.56. The number of alkyl halides is 3. The van der Waals surface area contributed by atoms with Gasteiger partial charge in [-0.15, -0.1) is 0 Å². The van der Waals surface area contributed by atoms with Crippen molar-refractivity contribution < 1.29 is 32.0 Å². The Kier molecular flexibility index (Phi) is 3.85. The van der Waals surface area contributed by atoms with E-state index >= 15 is 0 Å². The third-order valence-electron chi connectivity index (χ3n) is 4.06. The maximum atomic E-state index is 14.2. The van der Waals surface area contributed by atoms with Crippen molar-refractivity contribution in [2.75, 3.05) is 0 Å². The van der Waals surface area contributed by atoms with E-state index in [1.807, 2.05) is 0 Å². The summed E-state index contributed by atoms with van der Waals surface area (Å²) >= 11 is 0. The molecule has 4 nitrogen and oxygen atoms in total. The van der Waals surface area contributed by atoms with Crippen LogP contribution in [0, 0.1) is 5.82 Å². The van der Waals surface area contributed by atoms with E-state index in [9.17, 15) is 22.6 Å². The highest BCUT2D eigenvalue weighted by molar-refractivity contribution is 6.61. The Labute approximate surface area is 145 Å². The Bertz CT molecular complexity index is 1010. The van der Waals surface area contributed by atoms with Gasteiger partial charge in [0.2, 0.25) is 5.88 Å². The quantitative estimate of drug-likeness (QED) is 0.560. The van der Waals surface area contributed by atoms with Crippen LogP contribution in [0.4, 0.5) is 17.6 Å². The number of hydrogen-bond acceptors (Lipinski definition) is 4. The summed E-state index contributed by atoms with van der Waals surface area (Å²) in [5, 5.41) is 9.35. The third kappa shape index (κ3) is 2.99. The number of hydrogen-bond donors (Lipinski definition) is 1. The molecule has 0 spiro atoms. The van der Waals surface area contributed by atoms with Crippen molar-refractivity contribution in [3.8, 4) is 11.6 Å². The molecule has 0 bridgehead atoms. The van der Waals surface area contributed by atoms with Crippen molar-refractivity contribution in [1.29, 1.82) is 0 Å². The Balaban J connectivity index is 1.68. The second-order valence-electron chi connectivity index (χ2n) is 5.80. The van der Waals surface area contributed by atoms with Crippen molar-refractivity contribution in [1.82, 2.24) is 4.98 Å². The van der Waals surface area contributed by atoms with Crippen LogP contribution in [-0.2, 0) is 17.4 Å². The van der Waals surface area contributed by atoms with Crippen LogP contribution in [-0.4, -0.2) is 17.1 Å². The molecule has 1 aliphatic heterocycles. The SMILES string of the molecule is OB1OCc2cc(Oc3cc(F)c4cc(C(F)(F)F)ccc4n3)ccc21. The third-order valence-corrected chi connectivity index (χ3v) is 4.06. The summed E-state index contributed by atoms with van der Waals surface area (Å²) in [5.74, 6) is -0.607. The molecule has 4 rings (SSSR count). The molecule has 0 atom stereocenters. The molecule has 2 aromatic carbocycles. The summed E-state index contributed by atoms with van der Waals surface area (Å²) in [5.41, 5.74) is 0.449. The molecule has 0 fully saturated rings. The van der Waals surface area contributed by atoms with E-state index in [-0.39, 0.29) is 23.4 Å². The van der Waals surface area contributed by atoms with Gasteiger partial charge in [-0.1, -0.05) is 6.07 Å². The van der Waals surface area contributed by atoms with Crippen LogP contribution in [0.25, 0.3) is 10.9 Å². The molecular weight excluding hydrogens is 353 g/mol. The van der Waals surface area contributed by atoms with Crippen molar-refractivity contribution in [2.24, 2.45) is 0 Å². The van der Waals surface area contributed by atoms with E-state index < -0.39 is 24.7 Å². The second kappa shape index (κ2) is 5.96. The molecule has 0 amide bonds. The molecule has 0 saturated heterocycles. The van der Waals surface area contributed by atoms with E-state index in [2.05, 4.69) is 4.98 Å². The Hall–Kier alpha value is -2.65. The lowest BCUT2D eigenvalue weighted by molar-refractivity contribution is -0.137. The largest absolute Gasteiger partial charge is 0.491 e. The summed E-state index contributed by atoms with van der Waals surface area (Å²) in [4.78, 5) is 4.05. The van der Waals surface area contributed by atoms with Crippen LogP contribution in [0.15, 0.2) is 42.5 Å². The predicted octanol–water partition coefficient (Wildman–Crippen LogP) is 3.40. The maximum Gasteiger partial charge on any atom is 0.491 e. The summed E-state index contributed by atoms with van der Waals surface area (Å²) in [6.45, 7) is 0.216. The molecule has 26 heavy (non-hydrogen) atoms. The van der Waals surface area contributed by atoms with Crippen LogP contribution in [0.2, 0.25) is 0 Å². The molecule has 3 aromatic rings. The molecular formula is C17H10BF4NO3. The average molecular weight is 363 g/mol. The summed E-state index contributed by atoms with van der Waals surface area (Å²) in [7, 11) is -0.988. The van der Waals surface area contributed by atoms with Crippen molar-refractivity contribution in [2.45, 2.75) is 12.8 Å². The van der Waals surface area contributed by atoms with E-state index in [1.54, 1.807) is 18.2 Å². The zero-order valence-corrected chi connectivity index (χ0v) is 13.0. The first-order valence-electron chi connectivity index (χ1n) is 7.59. The molecule has 0 unspecified atom stereocenters. The van der Waals surface area contributed by atoms with Gasteiger partial charge in [0.05, 0.1) is 17.7 Å².